The molecule has 0 unspecified atom stereocenters. The van der Waals surface area contributed by atoms with Gasteiger partial charge in [-0.15, -0.1) is 0 Å². The summed E-state index contributed by atoms with van der Waals surface area (Å²) in [6.45, 7) is 3.36. The largest absolute Gasteiger partial charge is 0.467 e. The summed E-state index contributed by atoms with van der Waals surface area (Å²) >= 11 is 2.11. The van der Waals surface area contributed by atoms with Crippen LogP contribution in [-0.4, -0.2) is 61.7 Å². The summed E-state index contributed by atoms with van der Waals surface area (Å²) in [7, 11) is 1.12. The van der Waals surface area contributed by atoms with Crippen LogP contribution in [0, 0.1) is 3.57 Å². The Bertz CT molecular complexity index is 793. The lowest BCUT2D eigenvalue weighted by Gasteiger charge is -2.43. The van der Waals surface area contributed by atoms with Gasteiger partial charge in [-0.25, -0.2) is 4.79 Å². The van der Waals surface area contributed by atoms with Gasteiger partial charge in [0.15, 0.2) is 18.3 Å². The van der Waals surface area contributed by atoms with E-state index in [9.17, 15) is 19.2 Å². The van der Waals surface area contributed by atoms with Crippen molar-refractivity contribution in [3.8, 4) is 5.75 Å². The van der Waals surface area contributed by atoms with Gasteiger partial charge in [0, 0.05) is 24.3 Å². The Balaban J connectivity index is 2.47. The molecule has 164 valence electrons. The van der Waals surface area contributed by atoms with Crippen molar-refractivity contribution in [2.75, 3.05) is 7.11 Å². The van der Waals surface area contributed by atoms with E-state index in [2.05, 4.69) is 22.6 Å². The van der Waals surface area contributed by atoms with E-state index in [1.54, 1.807) is 24.3 Å². The quantitative estimate of drug-likeness (QED) is 0.299. The van der Waals surface area contributed by atoms with Gasteiger partial charge < -0.3 is 28.4 Å². The molecule has 0 aromatic heterocycles. The highest BCUT2D eigenvalue weighted by atomic mass is 127. The minimum Gasteiger partial charge on any atom is -0.467 e. The Morgan fingerprint density at radius 2 is 1.33 bits per heavy atom. The fraction of sp³-hybridized carbons (Fsp3) is 0.474. The van der Waals surface area contributed by atoms with Crippen molar-refractivity contribution in [2.45, 2.75) is 51.5 Å². The molecule has 1 fully saturated rings. The number of esters is 4. The summed E-state index contributed by atoms with van der Waals surface area (Å²) in [5.41, 5.74) is 0. The SMILES string of the molecule is COC(=O)[C@H]1O[C@@H](Oc2ccc(I)cc2)[C@H](OC(C)=O)[C@@H](OC(C)=O)[C@@H]1OC(C)=O. The number of hydrogen-bond donors (Lipinski definition) is 0. The normalized spacial score (nSPS) is 25.6. The van der Waals surface area contributed by atoms with Crippen LogP contribution >= 0.6 is 22.6 Å². The molecule has 0 spiro atoms. The van der Waals surface area contributed by atoms with Crippen LogP contribution in [0.2, 0.25) is 0 Å². The number of halogens is 1. The lowest BCUT2D eigenvalue weighted by Crippen LogP contribution is -2.64. The molecule has 0 amide bonds. The third-order valence-electron chi connectivity index (χ3n) is 3.90. The number of methoxy groups -OCH3 is 1. The van der Waals surface area contributed by atoms with Crippen molar-refractivity contribution in [1.29, 1.82) is 0 Å². The lowest BCUT2D eigenvalue weighted by molar-refractivity contribution is -0.282. The van der Waals surface area contributed by atoms with Gasteiger partial charge in [0.1, 0.15) is 5.75 Å². The maximum absolute atomic E-state index is 12.3. The van der Waals surface area contributed by atoms with Crippen LogP contribution in [-0.2, 0) is 42.9 Å². The second-order valence-electron chi connectivity index (χ2n) is 6.24. The summed E-state index contributed by atoms with van der Waals surface area (Å²) in [6.07, 6.45) is -7.02. The molecular formula is C19H21IO10. The molecule has 11 heteroatoms. The van der Waals surface area contributed by atoms with E-state index >= 15 is 0 Å². The van der Waals surface area contributed by atoms with Crippen LogP contribution < -0.4 is 4.74 Å². The minimum atomic E-state index is -1.50. The summed E-state index contributed by atoms with van der Waals surface area (Å²) < 4.78 is 32.8. The Labute approximate surface area is 186 Å². The summed E-state index contributed by atoms with van der Waals surface area (Å²) in [4.78, 5) is 47.4. The van der Waals surface area contributed by atoms with Crippen molar-refractivity contribution in [3.05, 3.63) is 27.8 Å². The van der Waals surface area contributed by atoms with Gasteiger partial charge in [0.2, 0.25) is 12.4 Å². The highest BCUT2D eigenvalue weighted by molar-refractivity contribution is 14.1. The van der Waals surface area contributed by atoms with Crippen molar-refractivity contribution in [3.63, 3.8) is 0 Å². The number of carbonyl (C=O) groups excluding carboxylic acids is 4. The standard InChI is InChI=1S/C19H21IO10/c1-9(21)26-14-15(27-10(2)22)17(28-11(3)23)19(30-16(14)18(24)25-4)29-13-7-5-12(20)6-8-13/h5-8,14-17,19H,1-4H3/t14-,15-,16-,17+,19+/m0/s1. The van der Waals surface area contributed by atoms with Gasteiger partial charge in [-0.3, -0.25) is 14.4 Å². The molecule has 30 heavy (non-hydrogen) atoms. The van der Waals surface area contributed by atoms with Crippen molar-refractivity contribution >= 4 is 46.5 Å². The fourth-order valence-electron chi connectivity index (χ4n) is 2.82. The second kappa shape index (κ2) is 10.6. The van der Waals surface area contributed by atoms with Crippen LogP contribution in [0.5, 0.6) is 5.75 Å². The molecule has 5 atom stereocenters. The van der Waals surface area contributed by atoms with Crippen LogP contribution in [0.3, 0.4) is 0 Å². The molecule has 0 saturated carbocycles. The first-order valence-electron chi connectivity index (χ1n) is 8.79. The van der Waals surface area contributed by atoms with Crippen LogP contribution in [0.4, 0.5) is 0 Å². The predicted octanol–water partition coefficient (Wildman–Crippen LogP) is 1.36. The van der Waals surface area contributed by atoms with E-state index in [-0.39, 0.29) is 0 Å². The third-order valence-corrected chi connectivity index (χ3v) is 4.62. The molecule has 0 bridgehead atoms. The van der Waals surface area contributed by atoms with Crippen LogP contribution in [0.15, 0.2) is 24.3 Å². The van der Waals surface area contributed by atoms with Crippen LogP contribution in [0.1, 0.15) is 20.8 Å². The highest BCUT2D eigenvalue weighted by Gasteiger charge is 2.55. The molecule has 0 N–H and O–H groups in total. The summed E-state index contributed by atoms with van der Waals surface area (Å²) in [6, 6.07) is 6.81. The zero-order chi connectivity index (χ0) is 22.4. The second-order valence-corrected chi connectivity index (χ2v) is 7.49. The first-order valence-corrected chi connectivity index (χ1v) is 9.87. The maximum atomic E-state index is 12.3. The number of ether oxygens (including phenoxy) is 6. The number of hydrogen-bond acceptors (Lipinski definition) is 10. The van der Waals surface area contributed by atoms with Gasteiger partial charge in [-0.05, 0) is 46.9 Å². The lowest BCUT2D eigenvalue weighted by atomic mass is 9.97. The van der Waals surface area contributed by atoms with E-state index in [1.165, 1.54) is 0 Å². The summed E-state index contributed by atoms with van der Waals surface area (Å²) in [5, 5.41) is 0. The molecule has 1 saturated heterocycles. The molecule has 1 aromatic carbocycles. The highest BCUT2D eigenvalue weighted by Crippen LogP contribution is 2.31. The molecule has 0 radical (unpaired) electrons. The molecule has 10 nitrogen and oxygen atoms in total. The number of benzene rings is 1. The molecule has 1 aliphatic rings. The molecule has 1 aromatic rings. The molecule has 1 heterocycles. The first-order chi connectivity index (χ1) is 14.1. The van der Waals surface area contributed by atoms with Gasteiger partial charge in [-0.2, -0.15) is 0 Å². The first kappa shape index (κ1) is 23.9. The molecule has 0 aliphatic carbocycles. The molecule has 2 rings (SSSR count). The van der Waals surface area contributed by atoms with Crippen molar-refractivity contribution in [2.24, 2.45) is 0 Å². The predicted molar refractivity (Wildman–Crippen MR) is 107 cm³/mol. The third kappa shape index (κ3) is 6.29. The Hall–Kier alpha value is -2.41. The number of carbonyl (C=O) groups is 4. The average Bonchev–Trinajstić information content (AvgIpc) is 2.66. The van der Waals surface area contributed by atoms with Crippen molar-refractivity contribution < 1.29 is 47.6 Å². The Morgan fingerprint density at radius 3 is 1.83 bits per heavy atom. The smallest absolute Gasteiger partial charge is 0.339 e. The van der Waals surface area contributed by atoms with E-state index in [1.807, 2.05) is 0 Å². The van der Waals surface area contributed by atoms with Gasteiger partial charge in [0.05, 0.1) is 7.11 Å². The van der Waals surface area contributed by atoms with E-state index in [0.29, 0.717) is 5.75 Å². The van der Waals surface area contributed by atoms with Crippen LogP contribution in [0.25, 0.3) is 0 Å². The minimum absolute atomic E-state index is 0.341. The Morgan fingerprint density at radius 1 is 0.833 bits per heavy atom. The zero-order valence-corrected chi connectivity index (χ0v) is 18.8. The topological polar surface area (TPSA) is 124 Å². The van der Waals surface area contributed by atoms with E-state index in [4.69, 9.17) is 28.4 Å². The van der Waals surface area contributed by atoms with Gasteiger partial charge in [-0.1, -0.05) is 0 Å². The zero-order valence-electron chi connectivity index (χ0n) is 16.7. The van der Waals surface area contributed by atoms with Gasteiger partial charge in [0.25, 0.3) is 0 Å². The van der Waals surface area contributed by atoms with Gasteiger partial charge >= 0.3 is 23.9 Å². The molecule has 1 aliphatic heterocycles. The van der Waals surface area contributed by atoms with E-state index < -0.39 is 54.6 Å². The monoisotopic (exact) mass is 536 g/mol. The van der Waals surface area contributed by atoms with E-state index in [0.717, 1.165) is 31.5 Å². The number of rotatable bonds is 6. The molecular weight excluding hydrogens is 515 g/mol. The average molecular weight is 536 g/mol. The maximum Gasteiger partial charge on any atom is 0.339 e. The fourth-order valence-corrected chi connectivity index (χ4v) is 3.18. The van der Waals surface area contributed by atoms with Crippen molar-refractivity contribution in [1.82, 2.24) is 0 Å². The Kier molecular flexibility index (Phi) is 8.41. The summed E-state index contributed by atoms with van der Waals surface area (Å²) in [5.74, 6) is -2.80.